The average molecular weight is 477 g/mol. The van der Waals surface area contributed by atoms with Crippen LogP contribution < -0.4 is 16.0 Å². The Morgan fingerprint density at radius 2 is 1.91 bits per heavy atom. The lowest BCUT2D eigenvalue weighted by atomic mass is 9.85. The summed E-state index contributed by atoms with van der Waals surface area (Å²) in [6, 6.07) is 15.1. The molecule has 1 aliphatic carbocycles. The summed E-state index contributed by atoms with van der Waals surface area (Å²) in [5, 5.41) is 19.9. The number of dihydropyridines is 1. The van der Waals surface area contributed by atoms with Crippen molar-refractivity contribution in [2.75, 3.05) is 11.1 Å². The van der Waals surface area contributed by atoms with Crippen molar-refractivity contribution in [2.45, 2.75) is 51.0 Å². The van der Waals surface area contributed by atoms with Crippen LogP contribution in [0.1, 0.15) is 50.7 Å². The summed E-state index contributed by atoms with van der Waals surface area (Å²) in [7, 11) is 0. The van der Waals surface area contributed by atoms with Gasteiger partial charge in [0.05, 0.1) is 40.2 Å². The van der Waals surface area contributed by atoms with Crippen molar-refractivity contribution in [3.8, 4) is 6.07 Å². The molecule has 0 unspecified atom stereocenters. The third-order valence-corrected chi connectivity index (χ3v) is 7.09. The van der Waals surface area contributed by atoms with E-state index in [2.05, 4.69) is 22.0 Å². The number of nitrogens with one attached hydrogen (secondary N) is 3. The van der Waals surface area contributed by atoms with Crippen molar-refractivity contribution in [1.29, 1.82) is 5.26 Å². The third kappa shape index (κ3) is 5.54. The topological polar surface area (TPSA) is 107 Å². The van der Waals surface area contributed by atoms with Gasteiger partial charge in [0, 0.05) is 17.4 Å². The molecule has 1 saturated carbocycles. The van der Waals surface area contributed by atoms with Gasteiger partial charge in [-0.3, -0.25) is 9.59 Å². The Balaban J connectivity index is 1.55. The minimum atomic E-state index is -0.672. The maximum absolute atomic E-state index is 13.3. The molecule has 2 heterocycles. The third-order valence-electron chi connectivity index (χ3n) is 6.07. The molecule has 0 spiro atoms. The van der Waals surface area contributed by atoms with Gasteiger partial charge in [0.25, 0.3) is 5.91 Å². The lowest BCUT2D eigenvalue weighted by Crippen LogP contribution is -2.37. The van der Waals surface area contributed by atoms with Gasteiger partial charge in [-0.1, -0.05) is 49.2 Å². The summed E-state index contributed by atoms with van der Waals surface area (Å²) in [6.07, 6.45) is 7.08. The minimum absolute atomic E-state index is 0.0488. The first-order valence-electron chi connectivity index (χ1n) is 11.5. The molecule has 2 aromatic rings. The van der Waals surface area contributed by atoms with Crippen molar-refractivity contribution in [1.82, 2.24) is 10.6 Å². The van der Waals surface area contributed by atoms with E-state index in [9.17, 15) is 14.9 Å². The highest BCUT2D eigenvalue weighted by molar-refractivity contribution is 8.03. The van der Waals surface area contributed by atoms with E-state index in [4.69, 9.17) is 4.42 Å². The van der Waals surface area contributed by atoms with Crippen LogP contribution in [0.3, 0.4) is 0 Å². The summed E-state index contributed by atoms with van der Waals surface area (Å²) in [4.78, 5) is 25.8. The van der Waals surface area contributed by atoms with Gasteiger partial charge < -0.3 is 20.4 Å². The predicted octanol–water partition coefficient (Wildman–Crippen LogP) is 4.80. The number of allylic oxidation sites excluding steroid dienone is 2. The molecule has 176 valence electrons. The summed E-state index contributed by atoms with van der Waals surface area (Å²) >= 11 is 1.28. The van der Waals surface area contributed by atoms with Gasteiger partial charge in [-0.2, -0.15) is 5.26 Å². The normalized spacial score (nSPS) is 18.8. The molecule has 1 atom stereocenters. The van der Waals surface area contributed by atoms with Crippen LogP contribution in [0.2, 0.25) is 0 Å². The molecule has 2 amide bonds. The first-order valence-corrected chi connectivity index (χ1v) is 12.5. The molecule has 1 aromatic heterocycles. The van der Waals surface area contributed by atoms with Gasteiger partial charge in [-0.25, -0.2) is 0 Å². The number of anilines is 1. The fourth-order valence-corrected chi connectivity index (χ4v) is 5.34. The second kappa shape index (κ2) is 11.1. The number of hydrogen-bond acceptors (Lipinski definition) is 6. The molecule has 3 N–H and O–H groups in total. The Morgan fingerprint density at radius 3 is 2.59 bits per heavy atom. The highest BCUT2D eigenvalue weighted by Gasteiger charge is 2.36. The van der Waals surface area contributed by atoms with Crippen LogP contribution in [0.5, 0.6) is 0 Å². The van der Waals surface area contributed by atoms with E-state index in [-0.39, 0.29) is 23.6 Å². The number of amides is 2. The van der Waals surface area contributed by atoms with E-state index in [1.165, 1.54) is 24.4 Å². The molecule has 1 aromatic carbocycles. The van der Waals surface area contributed by atoms with E-state index in [0.29, 0.717) is 33.3 Å². The number of carbonyl (C=O) groups excluding carboxylic acids is 2. The zero-order valence-corrected chi connectivity index (χ0v) is 19.9. The fraction of sp³-hybridized carbons (Fsp3) is 0.346. The molecular weight excluding hydrogens is 448 g/mol. The Labute approximate surface area is 203 Å². The van der Waals surface area contributed by atoms with Gasteiger partial charge in [0.1, 0.15) is 5.76 Å². The molecule has 8 heteroatoms. The molecule has 0 saturated heterocycles. The van der Waals surface area contributed by atoms with Gasteiger partial charge in [0.15, 0.2) is 0 Å². The number of carbonyl (C=O) groups is 2. The highest BCUT2D eigenvalue weighted by atomic mass is 32.2. The van der Waals surface area contributed by atoms with Crippen LogP contribution in [0.4, 0.5) is 5.69 Å². The zero-order valence-electron chi connectivity index (χ0n) is 19.1. The number of hydrogen-bond donors (Lipinski definition) is 3. The van der Waals surface area contributed by atoms with E-state index >= 15 is 0 Å². The maximum Gasteiger partial charge on any atom is 0.254 e. The molecular formula is C26H28N4O3S. The summed E-state index contributed by atoms with van der Waals surface area (Å²) in [5.74, 6) is -0.348. The Bertz CT molecular complexity index is 1130. The van der Waals surface area contributed by atoms with Crippen molar-refractivity contribution in [3.63, 3.8) is 0 Å². The Kier molecular flexibility index (Phi) is 7.76. The summed E-state index contributed by atoms with van der Waals surface area (Å²) in [5.41, 5.74) is 2.04. The quantitative estimate of drug-likeness (QED) is 0.530. The first kappa shape index (κ1) is 23.7. The monoisotopic (exact) mass is 476 g/mol. The predicted molar refractivity (Wildman–Crippen MR) is 132 cm³/mol. The van der Waals surface area contributed by atoms with Crippen molar-refractivity contribution >= 4 is 29.3 Å². The van der Waals surface area contributed by atoms with Crippen LogP contribution >= 0.6 is 11.8 Å². The van der Waals surface area contributed by atoms with Gasteiger partial charge in [-0.05, 0) is 44.0 Å². The number of nitrogens with zero attached hydrogens (tertiary/aromatic N) is 1. The average Bonchev–Trinajstić information content (AvgIpc) is 3.38. The molecule has 1 aliphatic heterocycles. The zero-order chi connectivity index (χ0) is 23.9. The number of nitriles is 1. The van der Waals surface area contributed by atoms with Crippen molar-refractivity contribution in [3.05, 3.63) is 76.4 Å². The van der Waals surface area contributed by atoms with Crippen LogP contribution in [-0.2, 0) is 9.59 Å². The van der Waals surface area contributed by atoms with E-state index < -0.39 is 5.92 Å². The smallest absolute Gasteiger partial charge is 0.254 e. The lowest BCUT2D eigenvalue weighted by Gasteiger charge is -2.28. The van der Waals surface area contributed by atoms with Crippen LogP contribution in [0.15, 0.2) is 75.0 Å². The molecule has 4 rings (SSSR count). The second-order valence-corrected chi connectivity index (χ2v) is 9.46. The fourth-order valence-electron chi connectivity index (χ4n) is 4.44. The van der Waals surface area contributed by atoms with E-state index in [1.54, 1.807) is 31.2 Å². The molecule has 0 radical (unpaired) electrons. The van der Waals surface area contributed by atoms with Crippen LogP contribution in [0, 0.1) is 11.3 Å². The standard InChI is InChI=1S/C26H28N4O3S/c1-17-23(25(32)30-19-11-6-3-7-12-19)24(21-13-8-14-33-21)20(15-27)26(28-17)34-16-22(31)29-18-9-4-2-5-10-18/h3,6-8,11-14,18,24,28H,2,4-5,9-10,16H2,1H3,(H,29,31)(H,30,32)/t24-/m1/s1. The second-order valence-electron chi connectivity index (χ2n) is 8.48. The SMILES string of the molecule is CC1=C(C(=O)Nc2ccccc2)[C@@H](c2ccco2)C(C#N)=C(SCC(=O)NC2CCCCC2)N1. The molecule has 34 heavy (non-hydrogen) atoms. The highest BCUT2D eigenvalue weighted by Crippen LogP contribution is 2.41. The number of thioether (sulfide) groups is 1. The molecule has 0 bridgehead atoms. The number of furan rings is 1. The van der Waals surface area contributed by atoms with Crippen molar-refractivity contribution < 1.29 is 14.0 Å². The van der Waals surface area contributed by atoms with Gasteiger partial charge in [0.2, 0.25) is 5.91 Å². The van der Waals surface area contributed by atoms with Crippen LogP contribution in [-0.4, -0.2) is 23.6 Å². The van der Waals surface area contributed by atoms with Crippen LogP contribution in [0.25, 0.3) is 0 Å². The molecule has 2 aliphatic rings. The summed E-state index contributed by atoms with van der Waals surface area (Å²) in [6.45, 7) is 1.80. The number of rotatable bonds is 7. The Morgan fingerprint density at radius 1 is 1.15 bits per heavy atom. The lowest BCUT2D eigenvalue weighted by molar-refractivity contribution is -0.119. The van der Waals surface area contributed by atoms with E-state index in [1.807, 2.05) is 18.2 Å². The Hall–Kier alpha value is -3.44. The van der Waals surface area contributed by atoms with E-state index in [0.717, 1.165) is 25.7 Å². The number of benzene rings is 1. The van der Waals surface area contributed by atoms with Gasteiger partial charge in [-0.15, -0.1) is 0 Å². The molecule has 7 nitrogen and oxygen atoms in total. The summed E-state index contributed by atoms with van der Waals surface area (Å²) < 4.78 is 5.64. The van der Waals surface area contributed by atoms with Crippen molar-refractivity contribution in [2.24, 2.45) is 0 Å². The molecule has 1 fully saturated rings. The largest absolute Gasteiger partial charge is 0.468 e. The first-order chi connectivity index (χ1) is 16.6. The van der Waals surface area contributed by atoms with Gasteiger partial charge >= 0.3 is 0 Å². The minimum Gasteiger partial charge on any atom is -0.468 e. The number of para-hydroxylation sites is 1. The maximum atomic E-state index is 13.3.